The number of hydrogen-bond donors (Lipinski definition) is 0. The van der Waals surface area contributed by atoms with Gasteiger partial charge in [-0.3, -0.25) is 9.48 Å². The monoisotopic (exact) mass is 298 g/mol. The first-order chi connectivity index (χ1) is 10.7. The molecule has 0 radical (unpaired) electrons. The Morgan fingerprint density at radius 3 is 2.77 bits per heavy atom. The molecule has 2 aliphatic heterocycles. The van der Waals surface area contributed by atoms with Gasteiger partial charge in [0.2, 0.25) is 11.9 Å². The number of aryl methyl sites for hydroxylation is 1. The molecule has 0 atom stereocenters. The van der Waals surface area contributed by atoms with E-state index in [-0.39, 0.29) is 5.91 Å². The molecule has 22 heavy (non-hydrogen) atoms. The van der Waals surface area contributed by atoms with Gasteiger partial charge in [-0.05, 0) is 12.5 Å². The lowest BCUT2D eigenvalue weighted by atomic mass is 10.2. The van der Waals surface area contributed by atoms with E-state index in [1.165, 1.54) is 11.3 Å². The lowest BCUT2D eigenvalue weighted by molar-refractivity contribution is -0.128. The maximum atomic E-state index is 11.8. The van der Waals surface area contributed by atoms with Crippen LogP contribution < -0.4 is 4.90 Å². The van der Waals surface area contributed by atoms with Gasteiger partial charge in [-0.2, -0.15) is 5.10 Å². The summed E-state index contributed by atoms with van der Waals surface area (Å²) in [6, 6.07) is 1.82. The Bertz CT molecular complexity index is 710. The minimum Gasteiger partial charge on any atom is -0.337 e. The fourth-order valence-corrected chi connectivity index (χ4v) is 3.25. The van der Waals surface area contributed by atoms with E-state index in [0.717, 1.165) is 37.7 Å². The van der Waals surface area contributed by atoms with Crippen LogP contribution in [-0.2, 0) is 31.5 Å². The van der Waals surface area contributed by atoms with Gasteiger partial charge >= 0.3 is 0 Å². The van der Waals surface area contributed by atoms with Gasteiger partial charge in [0.15, 0.2) is 0 Å². The second-order valence-electron chi connectivity index (χ2n) is 5.82. The first kappa shape index (κ1) is 13.2. The van der Waals surface area contributed by atoms with Crippen molar-refractivity contribution in [3.63, 3.8) is 0 Å². The molecule has 2 aliphatic rings. The van der Waals surface area contributed by atoms with E-state index in [1.807, 2.05) is 22.7 Å². The smallest absolute Gasteiger partial charge is 0.225 e. The van der Waals surface area contributed by atoms with Crippen molar-refractivity contribution in [3.8, 4) is 0 Å². The first-order valence-electron chi connectivity index (χ1n) is 7.56. The lowest BCUT2D eigenvalue weighted by Gasteiger charge is -2.17. The van der Waals surface area contributed by atoms with Gasteiger partial charge in [-0.25, -0.2) is 9.97 Å². The third-order valence-electron chi connectivity index (χ3n) is 4.39. The molecule has 0 N–H and O–H groups in total. The van der Waals surface area contributed by atoms with Crippen LogP contribution in [0.4, 0.5) is 5.95 Å². The second-order valence-corrected chi connectivity index (χ2v) is 5.82. The van der Waals surface area contributed by atoms with E-state index < -0.39 is 0 Å². The molecule has 2 aromatic rings. The van der Waals surface area contributed by atoms with Crippen LogP contribution in [0.15, 0.2) is 18.5 Å². The Balaban J connectivity index is 1.58. The maximum Gasteiger partial charge on any atom is 0.225 e. The zero-order valence-corrected chi connectivity index (χ0v) is 12.6. The standard InChI is InChI=1S/C15H18N6O/c1-19-13-10-21(15-16-5-3-6-17-15)8-11(13)12(18-19)9-20-7-2-4-14(20)22/h3,5-6H,2,4,7-10H2,1H3. The zero-order valence-electron chi connectivity index (χ0n) is 12.6. The van der Waals surface area contributed by atoms with Crippen molar-refractivity contribution in [2.45, 2.75) is 32.5 Å². The topological polar surface area (TPSA) is 67.2 Å². The molecule has 1 amide bonds. The molecule has 0 aromatic carbocycles. The molecule has 114 valence electrons. The molecule has 0 bridgehead atoms. The number of aromatic nitrogens is 4. The highest BCUT2D eigenvalue weighted by Gasteiger charge is 2.30. The van der Waals surface area contributed by atoms with Crippen LogP contribution in [0.3, 0.4) is 0 Å². The number of fused-ring (bicyclic) bond motifs is 1. The number of carbonyl (C=O) groups excluding carboxylic acids is 1. The molecule has 0 spiro atoms. The van der Waals surface area contributed by atoms with Gasteiger partial charge in [0.1, 0.15) is 0 Å². The molecule has 2 aromatic heterocycles. The minimum absolute atomic E-state index is 0.237. The highest BCUT2D eigenvalue weighted by atomic mass is 16.2. The summed E-state index contributed by atoms with van der Waals surface area (Å²) in [6.07, 6.45) is 5.14. The van der Waals surface area contributed by atoms with Crippen molar-refractivity contribution in [1.82, 2.24) is 24.6 Å². The highest BCUT2D eigenvalue weighted by Crippen LogP contribution is 2.29. The van der Waals surface area contributed by atoms with Gasteiger partial charge in [0.25, 0.3) is 0 Å². The Morgan fingerprint density at radius 2 is 2.05 bits per heavy atom. The van der Waals surface area contributed by atoms with Gasteiger partial charge in [0, 0.05) is 38.0 Å². The van der Waals surface area contributed by atoms with Crippen LogP contribution in [0.2, 0.25) is 0 Å². The number of hydrogen-bond acceptors (Lipinski definition) is 5. The summed E-state index contributed by atoms with van der Waals surface area (Å²) in [7, 11) is 1.96. The normalized spacial score (nSPS) is 17.4. The summed E-state index contributed by atoms with van der Waals surface area (Å²) in [5.41, 5.74) is 3.41. The quantitative estimate of drug-likeness (QED) is 0.840. The third-order valence-corrected chi connectivity index (χ3v) is 4.39. The highest BCUT2D eigenvalue weighted by molar-refractivity contribution is 5.78. The van der Waals surface area contributed by atoms with E-state index in [4.69, 9.17) is 0 Å². The lowest BCUT2D eigenvalue weighted by Crippen LogP contribution is -2.25. The van der Waals surface area contributed by atoms with Crippen molar-refractivity contribution in [2.24, 2.45) is 7.05 Å². The predicted octanol–water partition coefficient (Wildman–Crippen LogP) is 0.853. The molecule has 0 saturated carbocycles. The van der Waals surface area contributed by atoms with E-state index >= 15 is 0 Å². The summed E-state index contributed by atoms with van der Waals surface area (Å²) in [5, 5.41) is 4.61. The molecule has 1 fully saturated rings. The minimum atomic E-state index is 0.237. The molecule has 7 nitrogen and oxygen atoms in total. The predicted molar refractivity (Wildman–Crippen MR) is 79.8 cm³/mol. The second kappa shape index (κ2) is 5.08. The van der Waals surface area contributed by atoms with Gasteiger partial charge < -0.3 is 9.80 Å². The van der Waals surface area contributed by atoms with Gasteiger partial charge in [-0.15, -0.1) is 0 Å². The Hall–Kier alpha value is -2.44. The Morgan fingerprint density at radius 1 is 1.23 bits per heavy atom. The Labute approximate surface area is 128 Å². The number of carbonyl (C=O) groups is 1. The van der Waals surface area contributed by atoms with Crippen LogP contribution in [0.5, 0.6) is 0 Å². The summed E-state index contributed by atoms with van der Waals surface area (Å²) in [4.78, 5) is 24.5. The van der Waals surface area contributed by atoms with Crippen molar-refractivity contribution in [1.29, 1.82) is 0 Å². The van der Waals surface area contributed by atoms with E-state index in [1.54, 1.807) is 12.4 Å². The molecule has 0 unspecified atom stereocenters. The molecule has 4 heterocycles. The number of likely N-dealkylation sites (tertiary alicyclic amines) is 1. The van der Waals surface area contributed by atoms with Crippen LogP contribution in [0.25, 0.3) is 0 Å². The fraction of sp³-hybridized carbons (Fsp3) is 0.467. The molecular formula is C15H18N6O. The number of anilines is 1. The number of nitrogens with zero attached hydrogens (tertiary/aromatic N) is 6. The van der Waals surface area contributed by atoms with Crippen molar-refractivity contribution in [3.05, 3.63) is 35.4 Å². The van der Waals surface area contributed by atoms with Crippen LogP contribution in [0, 0.1) is 0 Å². The maximum absolute atomic E-state index is 11.8. The molecule has 4 rings (SSSR count). The van der Waals surface area contributed by atoms with Crippen molar-refractivity contribution in [2.75, 3.05) is 11.4 Å². The van der Waals surface area contributed by atoms with Crippen LogP contribution >= 0.6 is 0 Å². The summed E-state index contributed by atoms with van der Waals surface area (Å²) in [6.45, 7) is 2.97. The molecule has 1 saturated heterocycles. The van der Waals surface area contributed by atoms with Gasteiger partial charge in [-0.1, -0.05) is 0 Å². The Kier molecular flexibility index (Phi) is 3.06. The summed E-state index contributed by atoms with van der Waals surface area (Å²) < 4.78 is 1.92. The van der Waals surface area contributed by atoms with E-state index in [9.17, 15) is 4.79 Å². The average Bonchev–Trinajstić information content (AvgIpc) is 3.20. The molecular weight excluding hydrogens is 280 g/mol. The summed E-state index contributed by atoms with van der Waals surface area (Å²) >= 11 is 0. The van der Waals surface area contributed by atoms with E-state index in [0.29, 0.717) is 13.0 Å². The average molecular weight is 298 g/mol. The largest absolute Gasteiger partial charge is 0.337 e. The van der Waals surface area contributed by atoms with Crippen LogP contribution in [-0.4, -0.2) is 37.1 Å². The number of amides is 1. The third kappa shape index (κ3) is 2.13. The van der Waals surface area contributed by atoms with Gasteiger partial charge in [0.05, 0.1) is 31.0 Å². The number of rotatable bonds is 3. The zero-order chi connectivity index (χ0) is 15.1. The fourth-order valence-electron chi connectivity index (χ4n) is 3.25. The van der Waals surface area contributed by atoms with Crippen molar-refractivity contribution >= 4 is 11.9 Å². The summed E-state index contributed by atoms with van der Waals surface area (Å²) in [5.74, 6) is 0.975. The SMILES string of the molecule is Cn1nc(CN2CCCC2=O)c2c1CN(c1ncccn1)C2. The van der Waals surface area contributed by atoms with Crippen LogP contribution in [0.1, 0.15) is 29.8 Å². The molecule has 7 heteroatoms. The van der Waals surface area contributed by atoms with E-state index in [2.05, 4.69) is 20.0 Å². The molecule has 0 aliphatic carbocycles. The first-order valence-corrected chi connectivity index (χ1v) is 7.56. The van der Waals surface area contributed by atoms with Crippen molar-refractivity contribution < 1.29 is 4.79 Å².